The maximum atomic E-state index is 12.7. The van der Waals surface area contributed by atoms with E-state index >= 15 is 0 Å². The topological polar surface area (TPSA) is 96.8 Å². The van der Waals surface area contributed by atoms with E-state index in [1.165, 1.54) is 12.3 Å². The predicted molar refractivity (Wildman–Crippen MR) is 98.9 cm³/mol. The first-order valence-corrected chi connectivity index (χ1v) is 8.98. The number of carbonyl (C=O) groups is 1. The number of piperidine rings is 1. The highest BCUT2D eigenvalue weighted by molar-refractivity contribution is 5.93. The molecular weight excluding hydrogens is 344 g/mol. The number of pyridine rings is 2. The van der Waals surface area contributed by atoms with E-state index in [-0.39, 0.29) is 11.5 Å². The van der Waals surface area contributed by atoms with Crippen LogP contribution in [0, 0.1) is 5.92 Å². The SMILES string of the molecule is O=C(c1ccc(=O)[nH]c1)N1CCCC(Cn2cc(-c3ccccn3)nn2)C1. The van der Waals surface area contributed by atoms with Crippen molar-refractivity contribution < 1.29 is 4.79 Å². The van der Waals surface area contributed by atoms with Gasteiger partial charge in [-0.3, -0.25) is 19.3 Å². The Balaban J connectivity index is 1.41. The van der Waals surface area contributed by atoms with E-state index < -0.39 is 0 Å². The molecule has 0 spiro atoms. The molecule has 1 atom stereocenters. The Morgan fingerprint density at radius 1 is 1.22 bits per heavy atom. The quantitative estimate of drug-likeness (QED) is 0.758. The van der Waals surface area contributed by atoms with Crippen LogP contribution in [0.2, 0.25) is 0 Å². The van der Waals surface area contributed by atoms with Crippen molar-refractivity contribution in [2.24, 2.45) is 5.92 Å². The number of hydrogen-bond acceptors (Lipinski definition) is 5. The standard InChI is InChI=1S/C19H20N6O2/c26-18-7-6-15(10-21-18)19(27)24-9-3-4-14(11-24)12-25-13-17(22-23-25)16-5-1-2-8-20-16/h1-2,5-8,10,13-14H,3-4,9,11-12H2,(H,21,26). The lowest BCUT2D eigenvalue weighted by Crippen LogP contribution is -2.41. The minimum Gasteiger partial charge on any atom is -0.338 e. The molecule has 0 radical (unpaired) electrons. The highest BCUT2D eigenvalue weighted by atomic mass is 16.2. The van der Waals surface area contributed by atoms with E-state index in [1.807, 2.05) is 34.0 Å². The fourth-order valence-corrected chi connectivity index (χ4v) is 3.41. The molecule has 3 aromatic heterocycles. The second-order valence-corrected chi connectivity index (χ2v) is 6.74. The lowest BCUT2D eigenvalue weighted by Gasteiger charge is -2.32. The minimum absolute atomic E-state index is 0.0521. The van der Waals surface area contributed by atoms with Crippen molar-refractivity contribution >= 4 is 5.91 Å². The van der Waals surface area contributed by atoms with Crippen molar-refractivity contribution in [2.75, 3.05) is 13.1 Å². The van der Waals surface area contributed by atoms with Crippen LogP contribution in [-0.4, -0.2) is 48.9 Å². The van der Waals surface area contributed by atoms with Gasteiger partial charge in [0, 0.05) is 38.1 Å². The Hall–Kier alpha value is -3.29. The van der Waals surface area contributed by atoms with Gasteiger partial charge in [-0.15, -0.1) is 5.10 Å². The summed E-state index contributed by atoms with van der Waals surface area (Å²) < 4.78 is 1.82. The number of rotatable bonds is 4. The van der Waals surface area contributed by atoms with Crippen LogP contribution in [0.4, 0.5) is 0 Å². The summed E-state index contributed by atoms with van der Waals surface area (Å²) in [6, 6.07) is 8.64. The number of aromatic amines is 1. The number of aromatic nitrogens is 5. The number of H-pyrrole nitrogens is 1. The van der Waals surface area contributed by atoms with E-state index in [0.29, 0.717) is 24.6 Å². The fourth-order valence-electron chi connectivity index (χ4n) is 3.41. The van der Waals surface area contributed by atoms with Crippen LogP contribution in [0.15, 0.2) is 53.7 Å². The molecule has 0 saturated carbocycles. The normalized spacial score (nSPS) is 17.0. The monoisotopic (exact) mass is 364 g/mol. The van der Waals surface area contributed by atoms with Crippen LogP contribution in [-0.2, 0) is 6.54 Å². The largest absolute Gasteiger partial charge is 0.338 e. The Kier molecular flexibility index (Phi) is 4.78. The lowest BCUT2D eigenvalue weighted by atomic mass is 9.97. The number of hydrogen-bond donors (Lipinski definition) is 1. The maximum Gasteiger partial charge on any atom is 0.255 e. The first-order chi connectivity index (χ1) is 13.2. The smallest absolute Gasteiger partial charge is 0.255 e. The molecule has 0 bridgehead atoms. The van der Waals surface area contributed by atoms with E-state index in [4.69, 9.17) is 0 Å². The van der Waals surface area contributed by atoms with Gasteiger partial charge in [-0.2, -0.15) is 0 Å². The Labute approximate surface area is 155 Å². The predicted octanol–water partition coefficient (Wildman–Crippen LogP) is 1.58. The second-order valence-electron chi connectivity index (χ2n) is 6.74. The number of carbonyl (C=O) groups excluding carboxylic acids is 1. The van der Waals surface area contributed by atoms with Gasteiger partial charge < -0.3 is 9.88 Å². The van der Waals surface area contributed by atoms with Crippen molar-refractivity contribution in [3.8, 4) is 11.4 Å². The minimum atomic E-state index is -0.210. The molecule has 4 heterocycles. The van der Waals surface area contributed by atoms with E-state index in [9.17, 15) is 9.59 Å². The molecule has 0 aromatic carbocycles. The summed E-state index contributed by atoms with van der Waals surface area (Å²) in [6.07, 6.45) is 7.08. The summed E-state index contributed by atoms with van der Waals surface area (Å²) >= 11 is 0. The Morgan fingerprint density at radius 3 is 2.93 bits per heavy atom. The molecule has 8 heteroatoms. The van der Waals surface area contributed by atoms with Gasteiger partial charge in [0.15, 0.2) is 0 Å². The number of likely N-dealkylation sites (tertiary alicyclic amines) is 1. The fraction of sp³-hybridized carbons (Fsp3) is 0.316. The van der Waals surface area contributed by atoms with Crippen LogP contribution in [0.5, 0.6) is 0 Å². The molecule has 1 unspecified atom stereocenters. The van der Waals surface area contributed by atoms with Crippen LogP contribution < -0.4 is 5.56 Å². The van der Waals surface area contributed by atoms with E-state index in [0.717, 1.165) is 30.8 Å². The van der Waals surface area contributed by atoms with Gasteiger partial charge in [0.25, 0.3) is 5.91 Å². The van der Waals surface area contributed by atoms with Gasteiger partial charge in [-0.05, 0) is 37.0 Å². The van der Waals surface area contributed by atoms with Gasteiger partial charge in [0.1, 0.15) is 5.69 Å². The van der Waals surface area contributed by atoms with Gasteiger partial charge in [-0.1, -0.05) is 11.3 Å². The third kappa shape index (κ3) is 3.94. The molecule has 138 valence electrons. The highest BCUT2D eigenvalue weighted by Gasteiger charge is 2.25. The zero-order valence-corrected chi connectivity index (χ0v) is 14.8. The number of amides is 1. The third-order valence-corrected chi connectivity index (χ3v) is 4.75. The highest BCUT2D eigenvalue weighted by Crippen LogP contribution is 2.20. The molecule has 4 rings (SSSR count). The van der Waals surface area contributed by atoms with Crippen LogP contribution >= 0.6 is 0 Å². The molecule has 1 aliphatic rings. The molecule has 1 N–H and O–H groups in total. The Bertz CT molecular complexity index is 961. The molecule has 27 heavy (non-hydrogen) atoms. The molecule has 0 aliphatic carbocycles. The second kappa shape index (κ2) is 7.53. The summed E-state index contributed by atoms with van der Waals surface area (Å²) in [4.78, 5) is 32.5. The van der Waals surface area contributed by atoms with Crippen molar-refractivity contribution in [3.63, 3.8) is 0 Å². The summed E-state index contributed by atoms with van der Waals surface area (Å²) in [5, 5.41) is 8.41. The van der Waals surface area contributed by atoms with Gasteiger partial charge in [-0.25, -0.2) is 0 Å². The van der Waals surface area contributed by atoms with Crippen molar-refractivity contribution in [1.82, 2.24) is 29.9 Å². The molecule has 1 saturated heterocycles. The lowest BCUT2D eigenvalue weighted by molar-refractivity contribution is 0.0659. The van der Waals surface area contributed by atoms with Crippen LogP contribution in [0.3, 0.4) is 0 Å². The first-order valence-electron chi connectivity index (χ1n) is 8.98. The molecule has 8 nitrogen and oxygen atoms in total. The number of nitrogens with zero attached hydrogens (tertiary/aromatic N) is 5. The summed E-state index contributed by atoms with van der Waals surface area (Å²) in [5.41, 5.74) is 1.83. The molecule has 1 fully saturated rings. The first kappa shape index (κ1) is 17.1. The summed E-state index contributed by atoms with van der Waals surface area (Å²) in [6.45, 7) is 2.09. The zero-order chi connectivity index (χ0) is 18.6. The van der Waals surface area contributed by atoms with E-state index in [1.54, 1.807) is 12.3 Å². The molecular formula is C19H20N6O2. The van der Waals surface area contributed by atoms with Crippen molar-refractivity contribution in [1.29, 1.82) is 0 Å². The number of nitrogens with one attached hydrogen (secondary N) is 1. The third-order valence-electron chi connectivity index (χ3n) is 4.75. The van der Waals surface area contributed by atoms with Crippen LogP contribution in [0.25, 0.3) is 11.4 Å². The van der Waals surface area contributed by atoms with Crippen molar-refractivity contribution in [3.05, 3.63) is 64.8 Å². The van der Waals surface area contributed by atoms with Gasteiger partial charge >= 0.3 is 0 Å². The van der Waals surface area contributed by atoms with E-state index in [2.05, 4.69) is 20.3 Å². The molecule has 1 aliphatic heterocycles. The average molecular weight is 364 g/mol. The summed E-state index contributed by atoms with van der Waals surface area (Å²) in [7, 11) is 0. The van der Waals surface area contributed by atoms with Gasteiger partial charge in [0.2, 0.25) is 5.56 Å². The zero-order valence-electron chi connectivity index (χ0n) is 14.8. The molecule has 3 aromatic rings. The molecule has 1 amide bonds. The average Bonchev–Trinajstić information content (AvgIpc) is 3.17. The van der Waals surface area contributed by atoms with Crippen molar-refractivity contribution in [2.45, 2.75) is 19.4 Å². The summed E-state index contributed by atoms with van der Waals surface area (Å²) in [5.74, 6) is 0.257. The Morgan fingerprint density at radius 2 is 2.15 bits per heavy atom. The maximum absolute atomic E-state index is 12.7. The van der Waals surface area contributed by atoms with Gasteiger partial charge in [0.05, 0.1) is 17.5 Å². The van der Waals surface area contributed by atoms with Crippen LogP contribution in [0.1, 0.15) is 23.2 Å².